The van der Waals surface area contributed by atoms with Crippen molar-refractivity contribution in [2.45, 2.75) is 33.1 Å². The van der Waals surface area contributed by atoms with E-state index in [0.717, 1.165) is 6.42 Å². The number of carbonyl (C=O) groups excluding carboxylic acids is 1. The van der Waals surface area contributed by atoms with E-state index in [-0.39, 0.29) is 11.9 Å². The molecule has 0 spiro atoms. The van der Waals surface area contributed by atoms with Crippen molar-refractivity contribution in [2.75, 3.05) is 7.11 Å². The van der Waals surface area contributed by atoms with Gasteiger partial charge >= 0.3 is 5.97 Å². The van der Waals surface area contributed by atoms with E-state index in [1.807, 2.05) is 0 Å². The standard InChI is InChI=1S/C10H18O2/c1-7(2)8-5-4-6-9(8)10(11)12-3/h7-9H,4-6H2,1-3H3/t8-,9-/m0/s1. The third kappa shape index (κ3) is 1.79. The second kappa shape index (κ2) is 3.92. The van der Waals surface area contributed by atoms with Crippen LogP contribution in [0.25, 0.3) is 0 Å². The largest absolute Gasteiger partial charge is 0.469 e. The Balaban J connectivity index is 2.57. The summed E-state index contributed by atoms with van der Waals surface area (Å²) in [6.07, 6.45) is 3.40. The van der Waals surface area contributed by atoms with Gasteiger partial charge in [0.2, 0.25) is 0 Å². The lowest BCUT2D eigenvalue weighted by Gasteiger charge is -2.20. The predicted molar refractivity (Wildman–Crippen MR) is 47.7 cm³/mol. The van der Waals surface area contributed by atoms with Gasteiger partial charge in [-0.3, -0.25) is 4.79 Å². The highest BCUT2D eigenvalue weighted by atomic mass is 16.5. The minimum absolute atomic E-state index is 0.00815. The van der Waals surface area contributed by atoms with Crippen LogP contribution in [0.2, 0.25) is 0 Å². The van der Waals surface area contributed by atoms with Crippen molar-refractivity contribution in [3.05, 3.63) is 0 Å². The van der Waals surface area contributed by atoms with Gasteiger partial charge in [0.05, 0.1) is 13.0 Å². The maximum atomic E-state index is 11.3. The van der Waals surface area contributed by atoms with E-state index in [1.54, 1.807) is 0 Å². The molecule has 1 aliphatic rings. The molecule has 1 saturated carbocycles. The summed E-state index contributed by atoms with van der Waals surface area (Å²) in [6, 6.07) is 0. The van der Waals surface area contributed by atoms with Gasteiger partial charge in [0.15, 0.2) is 0 Å². The second-order valence-corrected chi connectivity index (χ2v) is 3.97. The molecule has 1 aliphatic carbocycles. The minimum atomic E-state index is -0.00815. The zero-order chi connectivity index (χ0) is 9.14. The van der Waals surface area contributed by atoms with E-state index in [0.29, 0.717) is 11.8 Å². The zero-order valence-electron chi connectivity index (χ0n) is 8.17. The molecule has 1 fully saturated rings. The van der Waals surface area contributed by atoms with Gasteiger partial charge in [0.1, 0.15) is 0 Å². The van der Waals surface area contributed by atoms with E-state index in [2.05, 4.69) is 13.8 Å². The molecule has 70 valence electrons. The molecule has 0 aromatic carbocycles. The summed E-state index contributed by atoms with van der Waals surface area (Å²) >= 11 is 0. The smallest absolute Gasteiger partial charge is 0.308 e. The summed E-state index contributed by atoms with van der Waals surface area (Å²) in [5.74, 6) is 1.33. The Morgan fingerprint density at radius 2 is 2.08 bits per heavy atom. The fourth-order valence-corrected chi connectivity index (χ4v) is 2.23. The molecule has 0 saturated heterocycles. The summed E-state index contributed by atoms with van der Waals surface area (Å²) in [5, 5.41) is 0. The van der Waals surface area contributed by atoms with Crippen LogP contribution >= 0.6 is 0 Å². The number of hydrogen-bond acceptors (Lipinski definition) is 2. The summed E-state index contributed by atoms with van der Waals surface area (Å²) in [6.45, 7) is 4.37. The molecule has 0 aliphatic heterocycles. The van der Waals surface area contributed by atoms with Crippen LogP contribution in [0, 0.1) is 17.8 Å². The normalized spacial score (nSPS) is 29.3. The van der Waals surface area contributed by atoms with E-state index >= 15 is 0 Å². The van der Waals surface area contributed by atoms with Crippen molar-refractivity contribution in [3.8, 4) is 0 Å². The van der Waals surface area contributed by atoms with Crippen molar-refractivity contribution in [2.24, 2.45) is 17.8 Å². The topological polar surface area (TPSA) is 26.3 Å². The van der Waals surface area contributed by atoms with Crippen LogP contribution in [-0.4, -0.2) is 13.1 Å². The molecule has 0 unspecified atom stereocenters. The number of methoxy groups -OCH3 is 1. The van der Waals surface area contributed by atoms with Crippen LogP contribution in [0.5, 0.6) is 0 Å². The quantitative estimate of drug-likeness (QED) is 0.594. The molecule has 12 heavy (non-hydrogen) atoms. The third-order valence-electron chi connectivity index (χ3n) is 2.93. The molecule has 0 heterocycles. The molecule has 2 heteroatoms. The number of ether oxygens (including phenoxy) is 1. The summed E-state index contributed by atoms with van der Waals surface area (Å²) in [4.78, 5) is 11.3. The lowest BCUT2D eigenvalue weighted by Crippen LogP contribution is -2.23. The lowest BCUT2D eigenvalue weighted by molar-refractivity contribution is -0.147. The van der Waals surface area contributed by atoms with Gasteiger partial charge in [-0.15, -0.1) is 0 Å². The molecule has 0 N–H and O–H groups in total. The van der Waals surface area contributed by atoms with Crippen molar-refractivity contribution in [3.63, 3.8) is 0 Å². The van der Waals surface area contributed by atoms with Crippen molar-refractivity contribution >= 4 is 5.97 Å². The number of carbonyl (C=O) groups is 1. The highest BCUT2D eigenvalue weighted by molar-refractivity contribution is 5.73. The Morgan fingerprint density at radius 1 is 1.42 bits per heavy atom. The van der Waals surface area contributed by atoms with E-state index in [4.69, 9.17) is 4.74 Å². The number of rotatable bonds is 2. The van der Waals surface area contributed by atoms with Gasteiger partial charge in [-0.2, -0.15) is 0 Å². The molecule has 0 bridgehead atoms. The average Bonchev–Trinajstić information content (AvgIpc) is 2.50. The highest BCUT2D eigenvalue weighted by Crippen LogP contribution is 2.37. The summed E-state index contributed by atoms with van der Waals surface area (Å²) < 4.78 is 4.78. The SMILES string of the molecule is COC(=O)[C@H]1CCC[C@H]1C(C)C. The Labute approximate surface area is 74.3 Å². The zero-order valence-corrected chi connectivity index (χ0v) is 8.17. The van der Waals surface area contributed by atoms with E-state index in [1.165, 1.54) is 20.0 Å². The molecule has 0 amide bonds. The molecule has 0 aromatic rings. The molecule has 1 rings (SSSR count). The lowest BCUT2D eigenvalue weighted by atomic mass is 9.86. The van der Waals surface area contributed by atoms with Gasteiger partial charge in [-0.1, -0.05) is 20.3 Å². The maximum Gasteiger partial charge on any atom is 0.308 e. The fraction of sp³-hybridized carbons (Fsp3) is 0.900. The first-order chi connectivity index (χ1) is 5.66. The first-order valence-corrected chi connectivity index (χ1v) is 4.74. The first kappa shape index (κ1) is 9.56. The molecular weight excluding hydrogens is 152 g/mol. The van der Waals surface area contributed by atoms with Gasteiger partial charge in [0.25, 0.3) is 0 Å². The molecule has 0 aromatic heterocycles. The van der Waals surface area contributed by atoms with Crippen LogP contribution in [0.4, 0.5) is 0 Å². The Kier molecular flexibility index (Phi) is 3.12. The van der Waals surface area contributed by atoms with Crippen molar-refractivity contribution < 1.29 is 9.53 Å². The van der Waals surface area contributed by atoms with Crippen molar-refractivity contribution in [1.82, 2.24) is 0 Å². The number of esters is 1. The number of hydrogen-bond donors (Lipinski definition) is 0. The molecule has 0 radical (unpaired) electrons. The molecule has 2 atom stereocenters. The Bertz CT molecular complexity index is 163. The van der Waals surface area contributed by atoms with Crippen molar-refractivity contribution in [1.29, 1.82) is 0 Å². The second-order valence-electron chi connectivity index (χ2n) is 3.97. The van der Waals surface area contributed by atoms with E-state index in [9.17, 15) is 4.79 Å². The Hall–Kier alpha value is -0.530. The van der Waals surface area contributed by atoms with Crippen LogP contribution in [0.15, 0.2) is 0 Å². The first-order valence-electron chi connectivity index (χ1n) is 4.74. The third-order valence-corrected chi connectivity index (χ3v) is 2.93. The fourth-order valence-electron chi connectivity index (χ4n) is 2.23. The van der Waals surface area contributed by atoms with Crippen LogP contribution in [0.3, 0.4) is 0 Å². The molecule has 2 nitrogen and oxygen atoms in total. The summed E-state index contributed by atoms with van der Waals surface area (Å²) in [7, 11) is 1.48. The molecular formula is C10H18O2. The Morgan fingerprint density at radius 3 is 2.58 bits per heavy atom. The van der Waals surface area contributed by atoms with Crippen LogP contribution in [0.1, 0.15) is 33.1 Å². The van der Waals surface area contributed by atoms with Gasteiger partial charge in [-0.25, -0.2) is 0 Å². The average molecular weight is 170 g/mol. The maximum absolute atomic E-state index is 11.3. The van der Waals surface area contributed by atoms with Crippen LogP contribution in [-0.2, 0) is 9.53 Å². The predicted octanol–water partition coefficient (Wildman–Crippen LogP) is 2.23. The van der Waals surface area contributed by atoms with E-state index < -0.39 is 0 Å². The summed E-state index contributed by atoms with van der Waals surface area (Å²) in [5.41, 5.74) is 0. The highest BCUT2D eigenvalue weighted by Gasteiger charge is 2.35. The minimum Gasteiger partial charge on any atom is -0.469 e. The monoisotopic (exact) mass is 170 g/mol. The van der Waals surface area contributed by atoms with Gasteiger partial charge in [0, 0.05) is 0 Å². The van der Waals surface area contributed by atoms with Crippen LogP contribution < -0.4 is 0 Å². The van der Waals surface area contributed by atoms with Gasteiger partial charge < -0.3 is 4.74 Å². The van der Waals surface area contributed by atoms with Gasteiger partial charge in [-0.05, 0) is 24.7 Å².